The first-order chi connectivity index (χ1) is 9.30. The average molecular weight is 264 g/mol. The van der Waals surface area contributed by atoms with Crippen LogP contribution in [0.5, 0.6) is 0 Å². The van der Waals surface area contributed by atoms with E-state index >= 15 is 0 Å². The van der Waals surface area contributed by atoms with Crippen molar-refractivity contribution in [3.05, 3.63) is 0 Å². The second-order valence-corrected chi connectivity index (χ2v) is 6.92. The first-order valence-corrected chi connectivity index (χ1v) is 8.31. The molecule has 2 saturated carbocycles. The van der Waals surface area contributed by atoms with Crippen LogP contribution in [0.15, 0.2) is 0 Å². The SMILES string of the molecule is O=C(NC1CCCCCCC1)C1CC12CCNCC2. The second kappa shape index (κ2) is 5.82. The second-order valence-electron chi connectivity index (χ2n) is 6.92. The van der Waals surface area contributed by atoms with Gasteiger partial charge < -0.3 is 10.6 Å². The molecule has 1 aliphatic heterocycles. The number of amides is 1. The Morgan fingerprint density at radius 3 is 2.32 bits per heavy atom. The van der Waals surface area contributed by atoms with E-state index in [0.717, 1.165) is 19.5 Å². The molecule has 0 aromatic heterocycles. The van der Waals surface area contributed by atoms with Crippen LogP contribution in [0.1, 0.15) is 64.2 Å². The third-order valence-corrected chi connectivity index (χ3v) is 5.56. The first kappa shape index (κ1) is 13.4. The van der Waals surface area contributed by atoms with E-state index in [1.54, 1.807) is 0 Å². The van der Waals surface area contributed by atoms with Gasteiger partial charge in [-0.25, -0.2) is 0 Å². The quantitative estimate of drug-likeness (QED) is 0.805. The van der Waals surface area contributed by atoms with Crippen LogP contribution in [0, 0.1) is 11.3 Å². The van der Waals surface area contributed by atoms with Crippen molar-refractivity contribution in [1.82, 2.24) is 10.6 Å². The minimum atomic E-state index is 0.333. The van der Waals surface area contributed by atoms with Gasteiger partial charge in [0.1, 0.15) is 0 Å². The Labute approximate surface area is 116 Å². The molecule has 3 rings (SSSR count). The van der Waals surface area contributed by atoms with E-state index in [1.807, 2.05) is 0 Å². The number of carbonyl (C=O) groups is 1. The molecule has 1 atom stereocenters. The summed E-state index contributed by atoms with van der Waals surface area (Å²) < 4.78 is 0. The molecule has 1 unspecified atom stereocenters. The lowest BCUT2D eigenvalue weighted by Crippen LogP contribution is -2.39. The molecule has 3 heteroatoms. The summed E-state index contributed by atoms with van der Waals surface area (Å²) in [4.78, 5) is 12.4. The summed E-state index contributed by atoms with van der Waals surface area (Å²) in [6, 6.07) is 0.465. The van der Waals surface area contributed by atoms with Crippen molar-refractivity contribution in [1.29, 1.82) is 0 Å². The van der Waals surface area contributed by atoms with Gasteiger partial charge >= 0.3 is 0 Å². The fraction of sp³-hybridized carbons (Fsp3) is 0.938. The molecular formula is C16H28N2O. The zero-order valence-electron chi connectivity index (χ0n) is 12.0. The van der Waals surface area contributed by atoms with Crippen molar-refractivity contribution in [2.75, 3.05) is 13.1 Å². The minimum absolute atomic E-state index is 0.333. The summed E-state index contributed by atoms with van der Waals surface area (Å²) in [6.07, 6.45) is 12.6. The Balaban J connectivity index is 1.48. The molecular weight excluding hydrogens is 236 g/mol. The van der Waals surface area contributed by atoms with E-state index in [2.05, 4.69) is 10.6 Å². The average Bonchev–Trinajstić information content (AvgIpc) is 3.07. The van der Waals surface area contributed by atoms with Crippen molar-refractivity contribution in [3.63, 3.8) is 0 Å². The van der Waals surface area contributed by atoms with Crippen LogP contribution in [0.25, 0.3) is 0 Å². The molecule has 2 N–H and O–H groups in total. The zero-order chi connectivity index (χ0) is 13.1. The summed E-state index contributed by atoms with van der Waals surface area (Å²) in [7, 11) is 0. The van der Waals surface area contributed by atoms with Crippen molar-refractivity contribution < 1.29 is 4.79 Å². The monoisotopic (exact) mass is 264 g/mol. The maximum atomic E-state index is 12.4. The van der Waals surface area contributed by atoms with E-state index in [0.29, 0.717) is 23.3 Å². The van der Waals surface area contributed by atoms with Crippen molar-refractivity contribution >= 4 is 5.91 Å². The standard InChI is InChI=1S/C16H28N2O/c19-15(14-12-16(14)8-10-17-11-9-16)18-13-6-4-2-1-3-5-7-13/h13-14,17H,1-12H2,(H,18,19). The number of piperidine rings is 1. The van der Waals surface area contributed by atoms with Crippen LogP contribution in [0.3, 0.4) is 0 Å². The highest BCUT2D eigenvalue weighted by Gasteiger charge is 2.57. The minimum Gasteiger partial charge on any atom is -0.353 e. The van der Waals surface area contributed by atoms with Gasteiger partial charge in [-0.1, -0.05) is 32.1 Å². The number of nitrogens with one attached hydrogen (secondary N) is 2. The van der Waals surface area contributed by atoms with Gasteiger partial charge in [0.05, 0.1) is 0 Å². The first-order valence-electron chi connectivity index (χ1n) is 8.31. The Morgan fingerprint density at radius 2 is 1.63 bits per heavy atom. The molecule has 2 aliphatic carbocycles. The number of hydrogen-bond acceptors (Lipinski definition) is 2. The van der Waals surface area contributed by atoms with Crippen LogP contribution < -0.4 is 10.6 Å². The predicted octanol–water partition coefficient (Wildman–Crippen LogP) is 2.61. The number of hydrogen-bond donors (Lipinski definition) is 2. The van der Waals surface area contributed by atoms with E-state index in [-0.39, 0.29) is 0 Å². The summed E-state index contributed by atoms with van der Waals surface area (Å²) in [5, 5.41) is 6.77. The molecule has 0 bridgehead atoms. The molecule has 1 spiro atoms. The van der Waals surface area contributed by atoms with Gasteiger partial charge in [0.2, 0.25) is 5.91 Å². The van der Waals surface area contributed by atoms with Crippen LogP contribution in [-0.2, 0) is 4.79 Å². The van der Waals surface area contributed by atoms with Gasteiger partial charge in [-0.3, -0.25) is 4.79 Å². The lowest BCUT2D eigenvalue weighted by Gasteiger charge is -2.25. The largest absolute Gasteiger partial charge is 0.353 e. The lowest BCUT2D eigenvalue weighted by molar-refractivity contribution is -0.124. The number of carbonyl (C=O) groups excluding carboxylic acids is 1. The lowest BCUT2D eigenvalue weighted by atomic mass is 9.91. The van der Waals surface area contributed by atoms with Gasteiger partial charge in [0.25, 0.3) is 0 Å². The van der Waals surface area contributed by atoms with E-state index in [4.69, 9.17) is 0 Å². The molecule has 0 aromatic rings. The fourth-order valence-electron chi connectivity index (χ4n) is 4.10. The van der Waals surface area contributed by atoms with Crippen LogP contribution in [0.2, 0.25) is 0 Å². The normalized spacial score (nSPS) is 31.5. The van der Waals surface area contributed by atoms with Gasteiger partial charge in [-0.2, -0.15) is 0 Å². The summed E-state index contributed by atoms with van der Waals surface area (Å²) in [6.45, 7) is 2.21. The van der Waals surface area contributed by atoms with Crippen LogP contribution >= 0.6 is 0 Å². The maximum Gasteiger partial charge on any atom is 0.223 e. The van der Waals surface area contributed by atoms with Gasteiger partial charge in [0, 0.05) is 12.0 Å². The van der Waals surface area contributed by atoms with Crippen LogP contribution in [0.4, 0.5) is 0 Å². The smallest absolute Gasteiger partial charge is 0.223 e. The maximum absolute atomic E-state index is 12.4. The molecule has 3 fully saturated rings. The van der Waals surface area contributed by atoms with Crippen molar-refractivity contribution in [2.45, 2.75) is 70.3 Å². The summed E-state index contributed by atoms with van der Waals surface area (Å²) in [5.74, 6) is 0.701. The summed E-state index contributed by atoms with van der Waals surface area (Å²) >= 11 is 0. The summed E-state index contributed by atoms with van der Waals surface area (Å²) in [5.41, 5.74) is 0.386. The molecule has 3 nitrogen and oxygen atoms in total. The third kappa shape index (κ3) is 3.13. The Hall–Kier alpha value is -0.570. The predicted molar refractivity (Wildman–Crippen MR) is 76.9 cm³/mol. The molecule has 108 valence electrons. The highest BCUT2D eigenvalue weighted by atomic mass is 16.2. The van der Waals surface area contributed by atoms with Gasteiger partial charge in [-0.05, 0) is 50.6 Å². The van der Waals surface area contributed by atoms with Gasteiger partial charge in [0.15, 0.2) is 0 Å². The molecule has 3 aliphatic rings. The molecule has 0 aromatic carbocycles. The molecule has 1 saturated heterocycles. The molecule has 0 radical (unpaired) electrons. The highest BCUT2D eigenvalue weighted by Crippen LogP contribution is 2.58. The van der Waals surface area contributed by atoms with Gasteiger partial charge in [-0.15, -0.1) is 0 Å². The van der Waals surface area contributed by atoms with Crippen molar-refractivity contribution in [3.8, 4) is 0 Å². The Morgan fingerprint density at radius 1 is 1.00 bits per heavy atom. The number of rotatable bonds is 2. The van der Waals surface area contributed by atoms with Crippen molar-refractivity contribution in [2.24, 2.45) is 11.3 Å². The van der Waals surface area contributed by atoms with Crippen LogP contribution in [-0.4, -0.2) is 25.0 Å². The molecule has 1 heterocycles. The molecule has 19 heavy (non-hydrogen) atoms. The third-order valence-electron chi connectivity index (χ3n) is 5.56. The highest BCUT2D eigenvalue weighted by molar-refractivity contribution is 5.82. The van der Waals surface area contributed by atoms with E-state index in [1.165, 1.54) is 57.8 Å². The fourth-order valence-corrected chi connectivity index (χ4v) is 4.10. The molecule has 1 amide bonds. The zero-order valence-corrected chi connectivity index (χ0v) is 12.0. The van der Waals surface area contributed by atoms with E-state index < -0.39 is 0 Å². The Kier molecular flexibility index (Phi) is 4.11. The Bertz CT molecular complexity index is 315. The topological polar surface area (TPSA) is 41.1 Å². The van der Waals surface area contributed by atoms with E-state index in [9.17, 15) is 4.79 Å².